The molecule has 1 saturated heterocycles. The zero-order valence-corrected chi connectivity index (χ0v) is 17.4. The highest BCUT2D eigenvalue weighted by molar-refractivity contribution is 7.80. The SMILES string of the molecule is CN(C)c1ccc(N2C(=S)N[C@H](c3ccccn3)[C@H]2c2ccc(Cl)s2)cc1. The highest BCUT2D eigenvalue weighted by Crippen LogP contribution is 2.44. The third kappa shape index (κ3) is 3.52. The van der Waals surface area contributed by atoms with Gasteiger partial charge in [0.05, 0.1) is 22.1 Å². The Morgan fingerprint density at radius 3 is 2.48 bits per heavy atom. The second-order valence-electron chi connectivity index (χ2n) is 6.55. The quantitative estimate of drug-likeness (QED) is 0.604. The number of rotatable bonds is 4. The number of halogens is 1. The molecule has 0 saturated carbocycles. The van der Waals surface area contributed by atoms with Crippen LogP contribution in [0.2, 0.25) is 4.34 Å². The van der Waals surface area contributed by atoms with E-state index in [1.165, 1.54) is 0 Å². The normalized spacial score (nSPS) is 19.2. The number of hydrogen-bond acceptors (Lipinski definition) is 4. The molecule has 1 fully saturated rings. The molecule has 0 amide bonds. The molecule has 0 unspecified atom stereocenters. The van der Waals surface area contributed by atoms with Gasteiger partial charge in [0.1, 0.15) is 0 Å². The standard InChI is InChI=1S/C20H19ClN4S2/c1-24(2)13-6-8-14(9-7-13)25-19(16-10-11-17(21)27-16)18(23-20(25)26)15-5-3-4-12-22-15/h3-12,18-19H,1-2H3,(H,23,26)/t18-,19-/m1/s1. The molecule has 0 aliphatic carbocycles. The lowest BCUT2D eigenvalue weighted by atomic mass is 10.0. The van der Waals surface area contributed by atoms with Gasteiger partial charge in [-0.05, 0) is 60.7 Å². The third-order valence-electron chi connectivity index (χ3n) is 4.63. The van der Waals surface area contributed by atoms with Crippen LogP contribution in [0.25, 0.3) is 0 Å². The maximum atomic E-state index is 6.24. The maximum absolute atomic E-state index is 6.24. The highest BCUT2D eigenvalue weighted by atomic mass is 35.5. The van der Waals surface area contributed by atoms with E-state index in [4.69, 9.17) is 23.8 Å². The molecule has 3 heterocycles. The summed E-state index contributed by atoms with van der Waals surface area (Å²) in [5, 5.41) is 4.15. The molecule has 1 N–H and O–H groups in total. The van der Waals surface area contributed by atoms with Crippen LogP contribution in [0.15, 0.2) is 60.8 Å². The number of thiocarbonyl (C=S) groups is 1. The average molecular weight is 415 g/mol. The van der Waals surface area contributed by atoms with Gasteiger partial charge in [0.2, 0.25) is 0 Å². The zero-order chi connectivity index (χ0) is 19.0. The fourth-order valence-corrected chi connectivity index (χ4v) is 4.86. The van der Waals surface area contributed by atoms with E-state index in [1.54, 1.807) is 11.3 Å². The van der Waals surface area contributed by atoms with Crippen LogP contribution in [-0.4, -0.2) is 24.2 Å². The van der Waals surface area contributed by atoms with Crippen molar-refractivity contribution in [3.63, 3.8) is 0 Å². The summed E-state index contributed by atoms with van der Waals surface area (Å²) in [6.07, 6.45) is 1.81. The van der Waals surface area contributed by atoms with Crippen LogP contribution in [0.5, 0.6) is 0 Å². The van der Waals surface area contributed by atoms with Crippen molar-refractivity contribution in [2.24, 2.45) is 0 Å². The van der Waals surface area contributed by atoms with Crippen molar-refractivity contribution < 1.29 is 0 Å². The average Bonchev–Trinajstić information content (AvgIpc) is 3.25. The van der Waals surface area contributed by atoms with Gasteiger partial charge in [-0.3, -0.25) is 4.98 Å². The molecule has 27 heavy (non-hydrogen) atoms. The van der Waals surface area contributed by atoms with Crippen LogP contribution in [-0.2, 0) is 0 Å². The van der Waals surface area contributed by atoms with Gasteiger partial charge in [0.15, 0.2) is 5.11 Å². The monoisotopic (exact) mass is 414 g/mol. The van der Waals surface area contributed by atoms with Gasteiger partial charge in [-0.15, -0.1) is 11.3 Å². The predicted molar refractivity (Wildman–Crippen MR) is 118 cm³/mol. The molecule has 1 aliphatic heterocycles. The Morgan fingerprint density at radius 2 is 1.89 bits per heavy atom. The summed E-state index contributed by atoms with van der Waals surface area (Å²) in [5.41, 5.74) is 3.15. The van der Waals surface area contributed by atoms with E-state index in [-0.39, 0.29) is 12.1 Å². The van der Waals surface area contributed by atoms with Crippen LogP contribution in [0.1, 0.15) is 22.7 Å². The van der Waals surface area contributed by atoms with Crippen LogP contribution < -0.4 is 15.1 Å². The fourth-order valence-electron chi connectivity index (χ4n) is 3.32. The minimum atomic E-state index is -0.0399. The Labute approximate surface area is 173 Å². The Balaban J connectivity index is 1.78. The van der Waals surface area contributed by atoms with Gasteiger partial charge in [0.25, 0.3) is 0 Å². The minimum Gasteiger partial charge on any atom is -0.378 e. The molecule has 1 aliphatic rings. The number of benzene rings is 1. The van der Waals surface area contributed by atoms with Crippen molar-refractivity contribution in [3.05, 3.63) is 75.7 Å². The largest absolute Gasteiger partial charge is 0.378 e. The number of nitrogens with zero attached hydrogens (tertiary/aromatic N) is 3. The first-order valence-electron chi connectivity index (χ1n) is 8.58. The van der Waals surface area contributed by atoms with Gasteiger partial charge in [0, 0.05) is 36.5 Å². The molecule has 3 aromatic rings. The zero-order valence-electron chi connectivity index (χ0n) is 15.0. The van der Waals surface area contributed by atoms with Crippen molar-refractivity contribution in [1.82, 2.24) is 10.3 Å². The molecule has 4 nitrogen and oxygen atoms in total. The molecule has 138 valence electrons. The summed E-state index contributed by atoms with van der Waals surface area (Å²) in [6.45, 7) is 0. The van der Waals surface area contributed by atoms with E-state index in [0.29, 0.717) is 5.11 Å². The van der Waals surface area contributed by atoms with E-state index >= 15 is 0 Å². The van der Waals surface area contributed by atoms with Crippen LogP contribution >= 0.6 is 35.2 Å². The lowest BCUT2D eigenvalue weighted by molar-refractivity contribution is 0.575. The predicted octanol–water partition coefficient (Wildman–Crippen LogP) is 5.04. The van der Waals surface area contributed by atoms with Crippen molar-refractivity contribution in [2.45, 2.75) is 12.1 Å². The van der Waals surface area contributed by atoms with E-state index in [9.17, 15) is 0 Å². The Kier molecular flexibility index (Phi) is 5.04. The smallest absolute Gasteiger partial charge is 0.174 e. The van der Waals surface area contributed by atoms with Gasteiger partial charge in [-0.25, -0.2) is 0 Å². The fraction of sp³-hybridized carbons (Fsp3) is 0.200. The van der Waals surface area contributed by atoms with Gasteiger partial charge >= 0.3 is 0 Å². The minimum absolute atomic E-state index is 0.00453. The first-order chi connectivity index (χ1) is 13.0. The van der Waals surface area contributed by atoms with E-state index in [1.807, 2.05) is 44.6 Å². The molecule has 4 rings (SSSR count). The Bertz CT molecular complexity index is 940. The second kappa shape index (κ2) is 7.46. The third-order valence-corrected chi connectivity index (χ3v) is 6.24. The Morgan fingerprint density at radius 1 is 1.11 bits per heavy atom. The summed E-state index contributed by atoms with van der Waals surface area (Å²) < 4.78 is 0.769. The first kappa shape index (κ1) is 18.2. The van der Waals surface area contributed by atoms with Crippen molar-refractivity contribution in [1.29, 1.82) is 0 Å². The van der Waals surface area contributed by atoms with Gasteiger partial charge in [-0.2, -0.15) is 0 Å². The number of hydrogen-bond donors (Lipinski definition) is 1. The number of aromatic nitrogens is 1. The lowest BCUT2D eigenvalue weighted by Gasteiger charge is -2.27. The molecule has 0 radical (unpaired) electrons. The van der Waals surface area contributed by atoms with Crippen LogP contribution in [0.4, 0.5) is 11.4 Å². The van der Waals surface area contributed by atoms with Crippen LogP contribution in [0.3, 0.4) is 0 Å². The van der Waals surface area contributed by atoms with E-state index in [2.05, 4.69) is 50.4 Å². The van der Waals surface area contributed by atoms with Crippen molar-refractivity contribution >= 4 is 51.6 Å². The Hall–Kier alpha value is -2.15. The molecule has 0 bridgehead atoms. The molecule has 1 aromatic carbocycles. The van der Waals surface area contributed by atoms with Crippen molar-refractivity contribution in [2.75, 3.05) is 23.9 Å². The van der Waals surface area contributed by atoms with Crippen molar-refractivity contribution in [3.8, 4) is 0 Å². The van der Waals surface area contributed by atoms with Crippen LogP contribution in [0, 0.1) is 0 Å². The number of thiophene rings is 1. The number of anilines is 2. The first-order valence-corrected chi connectivity index (χ1v) is 10.2. The van der Waals surface area contributed by atoms with Gasteiger partial charge in [-0.1, -0.05) is 17.7 Å². The summed E-state index contributed by atoms with van der Waals surface area (Å²) in [4.78, 5) is 9.96. The number of nitrogens with one attached hydrogen (secondary N) is 1. The molecule has 2 aromatic heterocycles. The number of pyridine rings is 1. The lowest BCUT2D eigenvalue weighted by Crippen LogP contribution is -2.29. The van der Waals surface area contributed by atoms with Gasteiger partial charge < -0.3 is 15.1 Å². The summed E-state index contributed by atoms with van der Waals surface area (Å²) in [6, 6.07) is 18.3. The van der Waals surface area contributed by atoms with E-state index < -0.39 is 0 Å². The summed E-state index contributed by atoms with van der Waals surface area (Å²) in [5.74, 6) is 0. The molecular formula is C20H19ClN4S2. The molecule has 0 spiro atoms. The molecule has 2 atom stereocenters. The summed E-state index contributed by atoms with van der Waals surface area (Å²) in [7, 11) is 4.06. The topological polar surface area (TPSA) is 31.4 Å². The van der Waals surface area contributed by atoms with E-state index in [0.717, 1.165) is 26.3 Å². The highest BCUT2D eigenvalue weighted by Gasteiger charge is 2.41. The maximum Gasteiger partial charge on any atom is 0.174 e. The second-order valence-corrected chi connectivity index (χ2v) is 8.68. The molecular weight excluding hydrogens is 396 g/mol. The molecule has 7 heteroatoms. The summed E-state index contributed by atoms with van der Waals surface area (Å²) >= 11 is 13.5.